The van der Waals surface area contributed by atoms with Crippen molar-refractivity contribution >= 4 is 21.7 Å². The van der Waals surface area contributed by atoms with Gasteiger partial charge in [0.15, 0.2) is 11.6 Å². The fraction of sp³-hybridized carbons (Fsp3) is 0.545. The summed E-state index contributed by atoms with van der Waals surface area (Å²) in [5.74, 6) is -1.95. The van der Waals surface area contributed by atoms with Gasteiger partial charge in [-0.3, -0.25) is 4.79 Å². The quantitative estimate of drug-likeness (QED) is 0.724. The number of carbonyl (C=O) groups excluding carboxylic acids is 1. The Bertz CT molecular complexity index is 365. The van der Waals surface area contributed by atoms with Crippen LogP contribution in [0.25, 0.3) is 0 Å². The molecule has 0 unspecified atom stereocenters. The molecule has 5 heteroatoms. The van der Waals surface area contributed by atoms with E-state index in [1.54, 1.807) is 26.4 Å². The van der Waals surface area contributed by atoms with Gasteiger partial charge in [0, 0.05) is 20.6 Å². The van der Waals surface area contributed by atoms with Crippen LogP contribution in [-0.4, -0.2) is 36.4 Å². The van der Waals surface area contributed by atoms with Crippen LogP contribution in [0.15, 0.2) is 24.3 Å². The van der Waals surface area contributed by atoms with E-state index in [2.05, 4.69) is 15.9 Å². The maximum absolute atomic E-state index is 11.4. The summed E-state index contributed by atoms with van der Waals surface area (Å²) < 4.78 is 16.5. The van der Waals surface area contributed by atoms with E-state index in [0.717, 1.165) is 0 Å². The molecule has 0 amide bonds. The Morgan fingerprint density at radius 2 is 2.06 bits per heavy atom. The highest BCUT2D eigenvalue weighted by atomic mass is 79.9. The summed E-state index contributed by atoms with van der Waals surface area (Å²) in [6.45, 7) is 0. The van der Waals surface area contributed by atoms with Crippen LogP contribution in [0.5, 0.6) is 0 Å². The van der Waals surface area contributed by atoms with Gasteiger partial charge in [0.25, 0.3) is 0 Å². The molecule has 2 rings (SSSR count). The molecular formula is C11H13BrO4. The number of hydrogen-bond donors (Lipinski definition) is 0. The smallest absolute Gasteiger partial charge is 0.204 e. The zero-order chi connectivity index (χ0) is 11.8. The van der Waals surface area contributed by atoms with Crippen molar-refractivity contribution in [1.29, 1.82) is 0 Å². The third kappa shape index (κ3) is 1.78. The number of ketones is 1. The molecule has 16 heavy (non-hydrogen) atoms. The number of methoxy groups -OCH3 is 2. The van der Waals surface area contributed by atoms with E-state index in [-0.39, 0.29) is 10.6 Å². The van der Waals surface area contributed by atoms with Gasteiger partial charge in [0.05, 0.1) is 4.83 Å². The van der Waals surface area contributed by atoms with Gasteiger partial charge in [-0.05, 0) is 24.3 Å². The maximum Gasteiger partial charge on any atom is 0.204 e. The van der Waals surface area contributed by atoms with Crippen molar-refractivity contribution in [3.63, 3.8) is 0 Å². The van der Waals surface area contributed by atoms with Gasteiger partial charge in [-0.2, -0.15) is 0 Å². The van der Waals surface area contributed by atoms with Crippen molar-refractivity contribution in [3.05, 3.63) is 24.3 Å². The van der Waals surface area contributed by atoms with Crippen LogP contribution in [-0.2, 0) is 19.0 Å². The number of alkyl halides is 1. The van der Waals surface area contributed by atoms with E-state index in [1.165, 1.54) is 12.2 Å². The Kier molecular flexibility index (Phi) is 3.05. The zero-order valence-electron chi connectivity index (χ0n) is 9.10. The van der Waals surface area contributed by atoms with Gasteiger partial charge in [-0.1, -0.05) is 15.9 Å². The molecule has 1 fully saturated rings. The molecule has 0 spiro atoms. The highest BCUT2D eigenvalue weighted by molar-refractivity contribution is 9.09. The van der Waals surface area contributed by atoms with Crippen LogP contribution in [0, 0.1) is 0 Å². The van der Waals surface area contributed by atoms with Gasteiger partial charge in [0.1, 0.15) is 0 Å². The molecule has 88 valence electrons. The molecule has 2 aliphatic heterocycles. The summed E-state index contributed by atoms with van der Waals surface area (Å²) in [4.78, 5) is 11.3. The average molecular weight is 289 g/mol. The average Bonchev–Trinajstić information content (AvgIpc) is 2.58. The van der Waals surface area contributed by atoms with Crippen LogP contribution in [0.2, 0.25) is 0 Å². The van der Waals surface area contributed by atoms with E-state index >= 15 is 0 Å². The van der Waals surface area contributed by atoms with Crippen LogP contribution >= 0.6 is 15.9 Å². The predicted molar refractivity (Wildman–Crippen MR) is 61.2 cm³/mol. The van der Waals surface area contributed by atoms with Crippen molar-refractivity contribution in [2.75, 3.05) is 14.2 Å². The number of ether oxygens (including phenoxy) is 3. The summed E-state index contributed by atoms with van der Waals surface area (Å²) in [5.41, 5.74) is 0. The first-order valence-electron chi connectivity index (χ1n) is 4.93. The van der Waals surface area contributed by atoms with E-state index in [0.29, 0.717) is 6.42 Å². The highest BCUT2D eigenvalue weighted by Crippen LogP contribution is 2.45. The van der Waals surface area contributed by atoms with Crippen LogP contribution in [0.4, 0.5) is 0 Å². The molecule has 2 aliphatic rings. The number of rotatable bonds is 2. The van der Waals surface area contributed by atoms with E-state index in [9.17, 15) is 4.79 Å². The minimum Gasteiger partial charge on any atom is -0.350 e. The largest absolute Gasteiger partial charge is 0.350 e. The van der Waals surface area contributed by atoms with E-state index in [1.807, 2.05) is 0 Å². The molecular weight excluding hydrogens is 276 g/mol. The summed E-state index contributed by atoms with van der Waals surface area (Å²) >= 11 is 3.50. The van der Waals surface area contributed by atoms with Crippen molar-refractivity contribution < 1.29 is 19.0 Å². The molecule has 0 radical (unpaired) electrons. The minimum atomic E-state index is -0.948. The lowest BCUT2D eigenvalue weighted by molar-refractivity contribution is -0.265. The van der Waals surface area contributed by atoms with Crippen LogP contribution in [0.1, 0.15) is 6.42 Å². The molecule has 0 aromatic heterocycles. The molecule has 0 N–H and O–H groups in total. The van der Waals surface area contributed by atoms with Crippen LogP contribution < -0.4 is 0 Å². The molecule has 3 atom stereocenters. The molecule has 0 saturated carbocycles. The number of carbonyl (C=O) groups is 1. The van der Waals surface area contributed by atoms with Crippen molar-refractivity contribution in [2.24, 2.45) is 0 Å². The first-order valence-corrected chi connectivity index (χ1v) is 5.84. The maximum atomic E-state index is 11.4. The molecule has 2 bridgehead atoms. The first kappa shape index (κ1) is 12.0. The highest BCUT2D eigenvalue weighted by Gasteiger charge is 2.54. The zero-order valence-corrected chi connectivity index (χ0v) is 10.7. The second-order valence-electron chi connectivity index (χ2n) is 3.78. The molecule has 0 aromatic carbocycles. The lowest BCUT2D eigenvalue weighted by atomic mass is 10.1. The number of allylic oxidation sites excluding steroid dienone is 2. The molecule has 0 aliphatic carbocycles. The number of fused-ring (bicyclic) bond motifs is 2. The summed E-state index contributed by atoms with van der Waals surface area (Å²) in [6.07, 6.45) is 6.72. The van der Waals surface area contributed by atoms with Gasteiger partial charge >= 0.3 is 0 Å². The van der Waals surface area contributed by atoms with Crippen LogP contribution in [0.3, 0.4) is 0 Å². The summed E-state index contributed by atoms with van der Waals surface area (Å²) in [7, 11) is 3.09. The lowest BCUT2D eigenvalue weighted by Crippen LogP contribution is -2.39. The third-order valence-corrected chi connectivity index (χ3v) is 3.84. The SMILES string of the molecule is CO[C@]12/C=C\C(=O)/C=C\[C@](OC)(O1)[C@@H](Br)C2. The third-order valence-electron chi connectivity index (χ3n) is 2.88. The second-order valence-corrected chi connectivity index (χ2v) is 4.89. The standard InChI is InChI=1S/C11H13BrO4/c1-14-10-5-3-8(13)4-6-11(15-2,16-10)9(12)7-10/h3-6,9H,7H2,1-2H3/b5-3-,6-4-/t9-,10+,11-/m0/s1. The lowest BCUT2D eigenvalue weighted by Gasteiger charge is -2.30. The number of hydrogen-bond acceptors (Lipinski definition) is 4. The Labute approximate surface area is 102 Å². The second kappa shape index (κ2) is 4.07. The Balaban J connectivity index is 2.45. The van der Waals surface area contributed by atoms with Gasteiger partial charge < -0.3 is 14.2 Å². The van der Waals surface area contributed by atoms with Crippen molar-refractivity contribution in [2.45, 2.75) is 22.8 Å². The molecule has 0 aromatic rings. The monoisotopic (exact) mass is 288 g/mol. The fourth-order valence-electron chi connectivity index (χ4n) is 1.90. The Hall–Kier alpha value is -0.490. The Morgan fingerprint density at radius 1 is 1.38 bits per heavy atom. The topological polar surface area (TPSA) is 44.8 Å². The summed E-state index contributed by atoms with van der Waals surface area (Å²) in [5, 5.41) is 0. The predicted octanol–water partition coefficient (Wildman–Crippen LogP) is 1.55. The first-order chi connectivity index (χ1) is 7.56. The molecule has 2 heterocycles. The van der Waals surface area contributed by atoms with E-state index < -0.39 is 11.6 Å². The normalized spacial score (nSPS) is 46.2. The number of halogens is 1. The summed E-state index contributed by atoms with van der Waals surface area (Å²) in [6, 6.07) is 0. The van der Waals surface area contributed by atoms with Gasteiger partial charge in [0.2, 0.25) is 5.79 Å². The molecule has 4 nitrogen and oxygen atoms in total. The van der Waals surface area contributed by atoms with Gasteiger partial charge in [-0.25, -0.2) is 0 Å². The minimum absolute atomic E-state index is 0.0725. The van der Waals surface area contributed by atoms with E-state index in [4.69, 9.17) is 14.2 Å². The molecule has 1 saturated heterocycles. The fourth-order valence-corrected chi connectivity index (χ4v) is 2.79. The Morgan fingerprint density at radius 3 is 2.69 bits per heavy atom. The van der Waals surface area contributed by atoms with Crippen molar-refractivity contribution in [3.8, 4) is 0 Å². The van der Waals surface area contributed by atoms with Crippen molar-refractivity contribution in [1.82, 2.24) is 0 Å². The van der Waals surface area contributed by atoms with Gasteiger partial charge in [-0.15, -0.1) is 0 Å².